The summed E-state index contributed by atoms with van der Waals surface area (Å²) in [5.74, 6) is -1.14. The molecule has 0 aliphatic carbocycles. The molecule has 0 fully saturated rings. The zero-order valence-electron chi connectivity index (χ0n) is 12.5. The van der Waals surface area contributed by atoms with E-state index in [1.54, 1.807) is 39.0 Å². The van der Waals surface area contributed by atoms with Crippen molar-refractivity contribution < 1.29 is 19.4 Å². The van der Waals surface area contributed by atoms with Gasteiger partial charge in [0.1, 0.15) is 5.60 Å². The molecule has 0 radical (unpaired) electrons. The molecule has 1 aromatic carbocycles. The van der Waals surface area contributed by atoms with Crippen molar-refractivity contribution in [1.82, 2.24) is 5.32 Å². The minimum atomic E-state index is -1.53. The number of rotatable bonds is 3. The molecule has 1 amide bonds. The van der Waals surface area contributed by atoms with E-state index in [0.29, 0.717) is 5.56 Å². The van der Waals surface area contributed by atoms with Gasteiger partial charge < -0.3 is 15.2 Å². The monoisotopic (exact) mass is 279 g/mol. The number of hydrogen-bond donors (Lipinski definition) is 2. The number of hydrogen-bond acceptors (Lipinski definition) is 3. The third-order valence-corrected chi connectivity index (χ3v) is 2.77. The number of carbonyl (C=O) groups excluding carboxylic acids is 1. The molecular formula is C15H21NO4. The Morgan fingerprint density at radius 1 is 1.20 bits per heavy atom. The number of nitrogens with one attached hydrogen (secondary N) is 1. The molecule has 0 saturated carbocycles. The Morgan fingerprint density at radius 3 is 2.25 bits per heavy atom. The highest BCUT2D eigenvalue weighted by Gasteiger charge is 2.38. The SMILES string of the molecule is Cc1cccc(C(C)(NC(=O)OC(C)(C)C)C(=O)O)c1. The summed E-state index contributed by atoms with van der Waals surface area (Å²) >= 11 is 0. The summed E-state index contributed by atoms with van der Waals surface area (Å²) in [4.78, 5) is 23.4. The number of ether oxygens (including phenoxy) is 1. The van der Waals surface area contributed by atoms with Gasteiger partial charge in [-0.3, -0.25) is 0 Å². The summed E-state index contributed by atoms with van der Waals surface area (Å²) in [7, 11) is 0. The number of alkyl carbamates (subject to hydrolysis) is 1. The summed E-state index contributed by atoms with van der Waals surface area (Å²) in [6, 6.07) is 7.01. The summed E-state index contributed by atoms with van der Waals surface area (Å²) in [6.45, 7) is 8.46. The molecule has 5 heteroatoms. The number of carboxylic acids is 1. The van der Waals surface area contributed by atoms with Crippen molar-refractivity contribution in [2.45, 2.75) is 45.8 Å². The van der Waals surface area contributed by atoms with Crippen molar-refractivity contribution in [1.29, 1.82) is 0 Å². The van der Waals surface area contributed by atoms with E-state index < -0.39 is 23.2 Å². The number of carbonyl (C=O) groups is 2. The van der Waals surface area contributed by atoms with E-state index in [-0.39, 0.29) is 0 Å². The van der Waals surface area contributed by atoms with E-state index >= 15 is 0 Å². The maximum Gasteiger partial charge on any atom is 0.408 e. The molecule has 0 saturated heterocycles. The fourth-order valence-corrected chi connectivity index (χ4v) is 1.71. The molecule has 1 aromatic rings. The average molecular weight is 279 g/mol. The second-order valence-electron chi connectivity index (χ2n) is 5.93. The Bertz CT molecular complexity index is 519. The van der Waals surface area contributed by atoms with Crippen LogP contribution >= 0.6 is 0 Å². The van der Waals surface area contributed by atoms with Crippen LogP contribution < -0.4 is 5.32 Å². The van der Waals surface area contributed by atoms with Crippen LogP contribution in [0.4, 0.5) is 4.79 Å². The fraction of sp³-hybridized carbons (Fsp3) is 0.467. The van der Waals surface area contributed by atoms with Crippen molar-refractivity contribution in [2.75, 3.05) is 0 Å². The van der Waals surface area contributed by atoms with Gasteiger partial charge in [-0.05, 0) is 40.2 Å². The Kier molecular flexibility index (Phi) is 4.43. The Labute approximate surface area is 118 Å². The second-order valence-corrected chi connectivity index (χ2v) is 5.93. The molecule has 110 valence electrons. The van der Waals surface area contributed by atoms with Gasteiger partial charge in [-0.15, -0.1) is 0 Å². The van der Waals surface area contributed by atoms with Crippen LogP contribution in [0.2, 0.25) is 0 Å². The molecule has 1 unspecified atom stereocenters. The fourth-order valence-electron chi connectivity index (χ4n) is 1.71. The molecule has 0 spiro atoms. The molecular weight excluding hydrogens is 258 g/mol. The quantitative estimate of drug-likeness (QED) is 0.892. The molecule has 0 aliphatic rings. The van der Waals surface area contributed by atoms with Crippen LogP contribution in [0.15, 0.2) is 24.3 Å². The van der Waals surface area contributed by atoms with Crippen molar-refractivity contribution in [3.63, 3.8) is 0 Å². The maximum atomic E-state index is 11.8. The molecule has 0 aliphatic heterocycles. The van der Waals surface area contributed by atoms with Gasteiger partial charge in [-0.25, -0.2) is 9.59 Å². The van der Waals surface area contributed by atoms with Gasteiger partial charge in [0.25, 0.3) is 0 Å². The van der Waals surface area contributed by atoms with Gasteiger partial charge in [0.05, 0.1) is 0 Å². The van der Waals surface area contributed by atoms with Crippen LogP contribution in [0.1, 0.15) is 38.8 Å². The first-order chi connectivity index (χ1) is 9.04. The molecule has 0 heterocycles. The number of benzene rings is 1. The summed E-state index contributed by atoms with van der Waals surface area (Å²) in [6.07, 6.45) is -0.760. The first-order valence-corrected chi connectivity index (χ1v) is 6.36. The van der Waals surface area contributed by atoms with Crippen LogP contribution in [0, 0.1) is 6.92 Å². The highest BCUT2D eigenvalue weighted by molar-refractivity contribution is 5.85. The molecule has 1 atom stereocenters. The van der Waals surface area contributed by atoms with Crippen molar-refractivity contribution in [3.8, 4) is 0 Å². The summed E-state index contributed by atoms with van der Waals surface area (Å²) in [5, 5.41) is 11.9. The van der Waals surface area contributed by atoms with E-state index in [4.69, 9.17) is 4.74 Å². The maximum absolute atomic E-state index is 11.8. The Hall–Kier alpha value is -2.04. The lowest BCUT2D eigenvalue weighted by molar-refractivity contribution is -0.144. The summed E-state index contributed by atoms with van der Waals surface area (Å²) < 4.78 is 5.12. The first-order valence-electron chi connectivity index (χ1n) is 6.36. The van der Waals surface area contributed by atoms with Gasteiger partial charge in [0, 0.05) is 0 Å². The predicted octanol–water partition coefficient (Wildman–Crippen LogP) is 2.82. The molecule has 0 bridgehead atoms. The van der Waals surface area contributed by atoms with Crippen LogP contribution in [0.3, 0.4) is 0 Å². The minimum absolute atomic E-state index is 0.496. The molecule has 20 heavy (non-hydrogen) atoms. The standard InChI is InChI=1S/C15H21NO4/c1-10-7-6-8-11(9-10)15(5,12(17)18)16-13(19)20-14(2,3)4/h6-9H,1-5H3,(H,16,19)(H,17,18). The lowest BCUT2D eigenvalue weighted by atomic mass is 9.91. The van der Waals surface area contributed by atoms with Gasteiger partial charge >= 0.3 is 12.1 Å². The van der Waals surface area contributed by atoms with Crippen molar-refractivity contribution >= 4 is 12.1 Å². The number of amides is 1. The number of aliphatic carboxylic acids is 1. The Balaban J connectivity index is 3.05. The highest BCUT2D eigenvalue weighted by atomic mass is 16.6. The van der Waals surface area contributed by atoms with Crippen LogP contribution in [0.25, 0.3) is 0 Å². The van der Waals surface area contributed by atoms with Crippen LogP contribution in [-0.4, -0.2) is 22.8 Å². The van der Waals surface area contributed by atoms with Crippen LogP contribution in [0.5, 0.6) is 0 Å². The second kappa shape index (κ2) is 5.53. The molecule has 5 nitrogen and oxygen atoms in total. The smallest absolute Gasteiger partial charge is 0.408 e. The normalized spacial score (nSPS) is 14.2. The van der Waals surface area contributed by atoms with Crippen molar-refractivity contribution in [3.05, 3.63) is 35.4 Å². The van der Waals surface area contributed by atoms with Gasteiger partial charge in [0.2, 0.25) is 0 Å². The number of aryl methyl sites for hydroxylation is 1. The molecule has 1 rings (SSSR count). The van der Waals surface area contributed by atoms with Crippen LogP contribution in [-0.2, 0) is 15.1 Å². The summed E-state index contributed by atoms with van der Waals surface area (Å²) in [5.41, 5.74) is -0.804. The van der Waals surface area contributed by atoms with E-state index in [2.05, 4.69) is 5.32 Å². The lowest BCUT2D eigenvalue weighted by Crippen LogP contribution is -2.51. The molecule has 0 aromatic heterocycles. The highest BCUT2D eigenvalue weighted by Crippen LogP contribution is 2.23. The average Bonchev–Trinajstić information content (AvgIpc) is 2.25. The number of carboxylic acid groups (broad SMARTS) is 1. The minimum Gasteiger partial charge on any atom is -0.479 e. The first kappa shape index (κ1) is 16.0. The van der Waals surface area contributed by atoms with Crippen molar-refractivity contribution in [2.24, 2.45) is 0 Å². The van der Waals surface area contributed by atoms with E-state index in [1.807, 2.05) is 13.0 Å². The molecule has 2 N–H and O–H groups in total. The van der Waals surface area contributed by atoms with E-state index in [0.717, 1.165) is 5.56 Å². The largest absolute Gasteiger partial charge is 0.479 e. The van der Waals surface area contributed by atoms with Gasteiger partial charge in [0.15, 0.2) is 5.54 Å². The zero-order chi connectivity index (χ0) is 15.6. The third-order valence-electron chi connectivity index (χ3n) is 2.77. The van der Waals surface area contributed by atoms with E-state index in [1.165, 1.54) is 6.92 Å². The van der Waals surface area contributed by atoms with Gasteiger partial charge in [-0.1, -0.05) is 29.8 Å². The Morgan fingerprint density at radius 2 is 1.80 bits per heavy atom. The topological polar surface area (TPSA) is 75.6 Å². The van der Waals surface area contributed by atoms with E-state index in [9.17, 15) is 14.7 Å². The van der Waals surface area contributed by atoms with Gasteiger partial charge in [-0.2, -0.15) is 0 Å². The third kappa shape index (κ3) is 3.98. The predicted molar refractivity (Wildman–Crippen MR) is 75.5 cm³/mol. The zero-order valence-corrected chi connectivity index (χ0v) is 12.5. The lowest BCUT2D eigenvalue weighted by Gasteiger charge is -2.29.